The molecule has 3 atom stereocenters. The topological polar surface area (TPSA) is 56.3 Å². The number of aromatic nitrogens is 1. The number of aromatic amines is 1. The van der Waals surface area contributed by atoms with Crippen LogP contribution >= 0.6 is 0 Å². The van der Waals surface area contributed by atoms with E-state index < -0.39 is 0 Å². The molecule has 1 aliphatic carbocycles. The van der Waals surface area contributed by atoms with Gasteiger partial charge in [-0.2, -0.15) is 0 Å². The van der Waals surface area contributed by atoms with E-state index in [0.717, 1.165) is 36.0 Å². The predicted molar refractivity (Wildman–Crippen MR) is 82.2 cm³/mol. The number of H-pyrrole nitrogens is 1. The van der Waals surface area contributed by atoms with Crippen molar-refractivity contribution in [2.24, 2.45) is 11.8 Å². The summed E-state index contributed by atoms with van der Waals surface area (Å²) in [7, 11) is 0. The Hall–Kier alpha value is -1.65. The molecule has 2 aliphatic rings. The van der Waals surface area contributed by atoms with Crippen LogP contribution in [0.15, 0.2) is 29.1 Å². The predicted octanol–water partition coefficient (Wildman–Crippen LogP) is 1.65. The number of hydrogen-bond acceptors (Lipinski definition) is 3. The molecule has 0 unspecified atom stereocenters. The molecule has 4 rings (SSSR count). The molecule has 110 valence electrons. The van der Waals surface area contributed by atoms with E-state index in [-0.39, 0.29) is 11.7 Å². The number of aliphatic hydroxyl groups is 1. The van der Waals surface area contributed by atoms with E-state index in [1.54, 1.807) is 0 Å². The zero-order valence-electron chi connectivity index (χ0n) is 12.2. The Bertz CT molecular complexity index is 752. The van der Waals surface area contributed by atoms with Gasteiger partial charge in [0.05, 0.1) is 6.10 Å². The molecule has 1 aliphatic heterocycles. The molecule has 1 saturated carbocycles. The number of rotatable bonds is 2. The molecule has 2 fully saturated rings. The third-order valence-electron chi connectivity index (χ3n) is 5.08. The van der Waals surface area contributed by atoms with Crippen LogP contribution in [0.4, 0.5) is 0 Å². The van der Waals surface area contributed by atoms with Crippen LogP contribution in [0.2, 0.25) is 0 Å². The molecule has 2 N–H and O–H groups in total. The highest BCUT2D eigenvalue weighted by Crippen LogP contribution is 2.41. The molecule has 1 aromatic carbocycles. The average Bonchev–Trinajstić information content (AvgIpc) is 2.77. The Morgan fingerprint density at radius 2 is 2.19 bits per heavy atom. The first-order valence-corrected chi connectivity index (χ1v) is 7.63. The fourth-order valence-corrected chi connectivity index (χ4v) is 3.82. The van der Waals surface area contributed by atoms with Crippen molar-refractivity contribution in [2.45, 2.75) is 26.0 Å². The first-order valence-electron chi connectivity index (χ1n) is 7.63. The van der Waals surface area contributed by atoms with Crippen LogP contribution in [0.1, 0.15) is 17.5 Å². The Morgan fingerprint density at radius 1 is 1.33 bits per heavy atom. The number of nitrogens with zero attached hydrogens (tertiary/aromatic N) is 1. The van der Waals surface area contributed by atoms with Crippen LogP contribution in [0, 0.1) is 18.8 Å². The van der Waals surface area contributed by atoms with Gasteiger partial charge in [0.1, 0.15) is 0 Å². The molecule has 4 nitrogen and oxygen atoms in total. The minimum Gasteiger partial charge on any atom is -0.393 e. The SMILES string of the molecule is Cc1ccc2[nH]c(=O)c(CN3C[C@H]4C[C@@H](O)[C@H]4C3)cc2c1. The quantitative estimate of drug-likeness (QED) is 0.881. The Morgan fingerprint density at radius 3 is 2.95 bits per heavy atom. The highest BCUT2D eigenvalue weighted by molar-refractivity contribution is 5.79. The number of pyridine rings is 1. The average molecular weight is 284 g/mol. The van der Waals surface area contributed by atoms with E-state index in [1.807, 2.05) is 18.2 Å². The highest BCUT2D eigenvalue weighted by atomic mass is 16.3. The Balaban J connectivity index is 1.61. The van der Waals surface area contributed by atoms with Gasteiger partial charge >= 0.3 is 0 Å². The molecule has 2 aromatic rings. The molecule has 21 heavy (non-hydrogen) atoms. The third kappa shape index (κ3) is 2.19. The van der Waals surface area contributed by atoms with Crippen LogP contribution in [-0.4, -0.2) is 34.2 Å². The summed E-state index contributed by atoms with van der Waals surface area (Å²) < 4.78 is 0. The van der Waals surface area contributed by atoms with Crippen LogP contribution in [0.3, 0.4) is 0 Å². The second kappa shape index (κ2) is 4.68. The summed E-state index contributed by atoms with van der Waals surface area (Å²) in [5.41, 5.74) is 2.92. The van der Waals surface area contributed by atoms with Crippen molar-refractivity contribution in [3.8, 4) is 0 Å². The van der Waals surface area contributed by atoms with Gasteiger partial charge in [0, 0.05) is 36.6 Å². The highest BCUT2D eigenvalue weighted by Gasteiger charge is 2.46. The molecule has 4 heteroatoms. The van der Waals surface area contributed by atoms with Gasteiger partial charge in [-0.3, -0.25) is 9.69 Å². The van der Waals surface area contributed by atoms with E-state index >= 15 is 0 Å². The summed E-state index contributed by atoms with van der Waals surface area (Å²) in [6.45, 7) is 4.66. The molecule has 1 aromatic heterocycles. The van der Waals surface area contributed by atoms with E-state index in [0.29, 0.717) is 18.4 Å². The van der Waals surface area contributed by atoms with Crippen molar-refractivity contribution in [3.63, 3.8) is 0 Å². The molecule has 0 spiro atoms. The standard InChI is InChI=1S/C17H20N2O2/c1-10-2-3-15-11(4-10)5-13(17(21)18-15)8-19-7-12-6-16(20)14(12)9-19/h2-5,12,14,16,20H,6-9H2,1H3,(H,18,21)/t12-,14+,16-/m1/s1. The second-order valence-corrected chi connectivity index (χ2v) is 6.64. The number of aliphatic hydroxyl groups excluding tert-OH is 1. The lowest BCUT2D eigenvalue weighted by Crippen LogP contribution is -2.39. The smallest absolute Gasteiger partial charge is 0.252 e. The van der Waals surface area contributed by atoms with Gasteiger partial charge < -0.3 is 10.1 Å². The molecular weight excluding hydrogens is 264 g/mol. The minimum absolute atomic E-state index is 0.00569. The molecule has 2 heterocycles. The van der Waals surface area contributed by atoms with E-state index in [4.69, 9.17) is 0 Å². The van der Waals surface area contributed by atoms with Gasteiger partial charge in [-0.25, -0.2) is 0 Å². The first kappa shape index (κ1) is 13.0. The fraction of sp³-hybridized carbons (Fsp3) is 0.471. The zero-order valence-corrected chi connectivity index (χ0v) is 12.2. The van der Waals surface area contributed by atoms with Crippen LogP contribution in [-0.2, 0) is 6.54 Å². The summed E-state index contributed by atoms with van der Waals surface area (Å²) >= 11 is 0. The van der Waals surface area contributed by atoms with E-state index in [1.165, 1.54) is 5.56 Å². The number of fused-ring (bicyclic) bond motifs is 2. The van der Waals surface area contributed by atoms with Gasteiger partial charge in [0.2, 0.25) is 0 Å². The number of likely N-dealkylation sites (tertiary alicyclic amines) is 1. The van der Waals surface area contributed by atoms with E-state index in [9.17, 15) is 9.90 Å². The van der Waals surface area contributed by atoms with Gasteiger partial charge in [-0.05, 0) is 42.8 Å². The van der Waals surface area contributed by atoms with Crippen molar-refractivity contribution in [3.05, 3.63) is 45.7 Å². The van der Waals surface area contributed by atoms with E-state index in [2.05, 4.69) is 22.9 Å². The zero-order chi connectivity index (χ0) is 14.6. The third-order valence-corrected chi connectivity index (χ3v) is 5.08. The first-order chi connectivity index (χ1) is 10.1. The Labute approximate surface area is 123 Å². The maximum absolute atomic E-state index is 12.2. The van der Waals surface area contributed by atoms with Crippen molar-refractivity contribution >= 4 is 10.9 Å². The summed E-state index contributed by atoms with van der Waals surface area (Å²) in [4.78, 5) is 17.5. The second-order valence-electron chi connectivity index (χ2n) is 6.64. The van der Waals surface area contributed by atoms with Gasteiger partial charge in [-0.15, -0.1) is 0 Å². The van der Waals surface area contributed by atoms with Crippen molar-refractivity contribution < 1.29 is 5.11 Å². The normalized spacial score (nSPS) is 28.6. The number of nitrogens with one attached hydrogen (secondary N) is 1. The van der Waals surface area contributed by atoms with Crippen LogP contribution in [0.5, 0.6) is 0 Å². The minimum atomic E-state index is -0.127. The Kier molecular flexibility index (Phi) is 2.91. The van der Waals surface area contributed by atoms with Crippen molar-refractivity contribution in [2.75, 3.05) is 13.1 Å². The maximum atomic E-state index is 12.2. The summed E-state index contributed by atoms with van der Waals surface area (Å²) in [6.07, 6.45) is 0.798. The maximum Gasteiger partial charge on any atom is 0.252 e. The number of hydrogen-bond donors (Lipinski definition) is 2. The van der Waals surface area contributed by atoms with Crippen molar-refractivity contribution in [1.29, 1.82) is 0 Å². The van der Waals surface area contributed by atoms with Gasteiger partial charge in [0.25, 0.3) is 5.56 Å². The monoisotopic (exact) mass is 284 g/mol. The van der Waals surface area contributed by atoms with Gasteiger partial charge in [0.15, 0.2) is 0 Å². The molecule has 0 radical (unpaired) electrons. The molecule has 0 amide bonds. The summed E-state index contributed by atoms with van der Waals surface area (Å²) in [5, 5.41) is 10.8. The molecular formula is C17H20N2O2. The number of benzene rings is 1. The lowest BCUT2D eigenvalue weighted by atomic mass is 9.74. The molecule has 0 bridgehead atoms. The number of aryl methyl sites for hydroxylation is 1. The lowest BCUT2D eigenvalue weighted by Gasteiger charge is -2.35. The van der Waals surface area contributed by atoms with Gasteiger partial charge in [-0.1, -0.05) is 11.6 Å². The summed E-state index contributed by atoms with van der Waals surface area (Å²) in [6, 6.07) is 8.09. The van der Waals surface area contributed by atoms with Crippen LogP contribution < -0.4 is 5.56 Å². The van der Waals surface area contributed by atoms with Crippen molar-refractivity contribution in [1.82, 2.24) is 9.88 Å². The molecule has 1 saturated heterocycles. The largest absolute Gasteiger partial charge is 0.393 e. The summed E-state index contributed by atoms with van der Waals surface area (Å²) in [5.74, 6) is 1.05. The fourth-order valence-electron chi connectivity index (χ4n) is 3.82. The van der Waals surface area contributed by atoms with Crippen LogP contribution in [0.25, 0.3) is 10.9 Å². The lowest BCUT2D eigenvalue weighted by molar-refractivity contribution is -0.00435.